The van der Waals surface area contributed by atoms with Gasteiger partial charge >= 0.3 is 24.6 Å². The zero-order chi connectivity index (χ0) is 30.8. The predicted molar refractivity (Wildman–Crippen MR) is 134 cm³/mol. The van der Waals surface area contributed by atoms with Gasteiger partial charge in [-0.1, -0.05) is 37.3 Å². The first kappa shape index (κ1) is 29.8. The van der Waals surface area contributed by atoms with E-state index >= 15 is 0 Å². The van der Waals surface area contributed by atoms with E-state index < -0.39 is 71.0 Å². The SMILES string of the molecule is Cc1ccccc1-c1ccc(C(F)(F)F)cc1[C@@H]1C(C)CC[C@H]2[C@@H](c3cc(C(F)(F)F)cc(C(F)(F)F)c3)OC(=O)N12. The summed E-state index contributed by atoms with van der Waals surface area (Å²) in [5, 5.41) is 0. The molecule has 2 aliphatic rings. The molecule has 4 atom stereocenters. The normalized spacial score (nSPS) is 23.1. The zero-order valence-corrected chi connectivity index (χ0v) is 22.2. The maximum Gasteiger partial charge on any atom is 0.416 e. The van der Waals surface area contributed by atoms with Gasteiger partial charge in [0, 0.05) is 0 Å². The maximum absolute atomic E-state index is 13.9. The number of hydrogen-bond donors (Lipinski definition) is 0. The smallest absolute Gasteiger partial charge is 0.416 e. The van der Waals surface area contributed by atoms with Gasteiger partial charge in [0.1, 0.15) is 6.10 Å². The van der Waals surface area contributed by atoms with E-state index in [1.54, 1.807) is 38.1 Å². The second-order valence-corrected chi connectivity index (χ2v) is 10.7. The van der Waals surface area contributed by atoms with Gasteiger partial charge in [0.05, 0.1) is 28.8 Å². The van der Waals surface area contributed by atoms with Crippen molar-refractivity contribution in [2.75, 3.05) is 0 Å². The van der Waals surface area contributed by atoms with Gasteiger partial charge < -0.3 is 4.74 Å². The number of nitrogens with zero attached hydrogens (tertiary/aromatic N) is 1. The summed E-state index contributed by atoms with van der Waals surface area (Å²) < 4.78 is 128. The number of cyclic esters (lactones) is 1. The van der Waals surface area contributed by atoms with E-state index in [4.69, 9.17) is 4.74 Å². The molecule has 0 aromatic heterocycles. The van der Waals surface area contributed by atoms with E-state index in [2.05, 4.69) is 0 Å². The third kappa shape index (κ3) is 5.43. The number of carbonyl (C=O) groups excluding carboxylic acids is 1. The van der Waals surface area contributed by atoms with Gasteiger partial charge in [0.15, 0.2) is 0 Å². The average molecular weight is 602 g/mol. The van der Waals surface area contributed by atoms with E-state index in [0.29, 0.717) is 29.7 Å². The molecule has 0 bridgehead atoms. The Labute approximate surface area is 234 Å². The highest BCUT2D eigenvalue weighted by Gasteiger charge is 2.52. The van der Waals surface area contributed by atoms with Crippen molar-refractivity contribution in [2.24, 2.45) is 5.92 Å². The quantitative estimate of drug-likeness (QED) is 0.280. The fourth-order valence-electron chi connectivity index (χ4n) is 6.00. The van der Waals surface area contributed by atoms with Gasteiger partial charge in [-0.2, -0.15) is 39.5 Å². The van der Waals surface area contributed by atoms with Crippen molar-refractivity contribution >= 4 is 6.09 Å². The van der Waals surface area contributed by atoms with Crippen molar-refractivity contribution in [3.05, 3.63) is 94.0 Å². The molecule has 3 aromatic rings. The fraction of sp³-hybridized carbons (Fsp3) is 0.367. The summed E-state index contributed by atoms with van der Waals surface area (Å²) in [4.78, 5) is 14.5. The number of hydrogen-bond acceptors (Lipinski definition) is 2. The lowest BCUT2D eigenvalue weighted by Crippen LogP contribution is -2.44. The van der Waals surface area contributed by atoms with Crippen LogP contribution in [0.4, 0.5) is 44.3 Å². The minimum absolute atomic E-state index is 0.0130. The maximum atomic E-state index is 13.9. The Balaban J connectivity index is 1.65. The highest BCUT2D eigenvalue weighted by molar-refractivity contribution is 5.76. The number of benzene rings is 3. The lowest BCUT2D eigenvalue weighted by atomic mass is 9.78. The van der Waals surface area contributed by atoms with E-state index in [1.165, 1.54) is 11.0 Å². The Bertz CT molecular complexity index is 1480. The van der Waals surface area contributed by atoms with Crippen LogP contribution in [0.2, 0.25) is 0 Å². The summed E-state index contributed by atoms with van der Waals surface area (Å²) in [6.07, 6.45) is -17.0. The number of ether oxygens (including phenoxy) is 1. The molecule has 0 saturated carbocycles. The molecular formula is C30H24F9NO2. The molecule has 0 spiro atoms. The summed E-state index contributed by atoms with van der Waals surface area (Å²) in [5.41, 5.74) is -2.60. The summed E-state index contributed by atoms with van der Waals surface area (Å²) in [6.45, 7) is 3.51. The number of piperidine rings is 1. The molecule has 1 amide bonds. The van der Waals surface area contributed by atoms with Crippen LogP contribution < -0.4 is 0 Å². The molecule has 2 saturated heterocycles. The van der Waals surface area contributed by atoms with E-state index in [9.17, 15) is 44.3 Å². The largest absolute Gasteiger partial charge is 0.439 e. The first-order chi connectivity index (χ1) is 19.5. The van der Waals surface area contributed by atoms with Gasteiger partial charge in [-0.25, -0.2) is 4.79 Å². The van der Waals surface area contributed by atoms with Crippen molar-refractivity contribution < 1.29 is 49.0 Å². The predicted octanol–water partition coefficient (Wildman–Crippen LogP) is 9.75. The van der Waals surface area contributed by atoms with Crippen LogP contribution in [0.1, 0.15) is 65.3 Å². The molecule has 3 nitrogen and oxygen atoms in total. The van der Waals surface area contributed by atoms with E-state index in [1.807, 2.05) is 0 Å². The molecular weight excluding hydrogens is 577 g/mol. The molecule has 224 valence electrons. The molecule has 3 aromatic carbocycles. The van der Waals surface area contributed by atoms with Crippen molar-refractivity contribution in [2.45, 2.75) is 63.4 Å². The summed E-state index contributed by atoms with van der Waals surface area (Å²) in [7, 11) is 0. The first-order valence-electron chi connectivity index (χ1n) is 13.0. The van der Waals surface area contributed by atoms with Crippen LogP contribution in [0, 0.1) is 12.8 Å². The van der Waals surface area contributed by atoms with Crippen LogP contribution >= 0.6 is 0 Å². The standard InChI is InChI=1S/C30H24F9NO2/c1-15-5-3-4-6-21(15)22-9-8-18(28(31,32)33)14-23(22)25-16(2)7-10-24-26(42-27(41)40(24)25)17-11-19(29(34,35)36)13-20(12-17)30(37,38)39/h3-6,8-9,11-14,16,24-26H,7,10H2,1-2H3/t16?,24-,25-,26+/m0/s1. The number of amides is 1. The topological polar surface area (TPSA) is 29.5 Å². The van der Waals surface area contributed by atoms with Crippen molar-refractivity contribution in [1.82, 2.24) is 4.90 Å². The Morgan fingerprint density at radius 3 is 1.90 bits per heavy atom. The minimum Gasteiger partial charge on any atom is -0.439 e. The molecule has 1 unspecified atom stereocenters. The molecule has 12 heteroatoms. The Morgan fingerprint density at radius 1 is 0.738 bits per heavy atom. The van der Waals surface area contributed by atoms with Gasteiger partial charge in [-0.15, -0.1) is 0 Å². The lowest BCUT2D eigenvalue weighted by Gasteiger charge is -2.42. The second-order valence-electron chi connectivity index (χ2n) is 10.7. The number of carbonyl (C=O) groups is 1. The lowest BCUT2D eigenvalue weighted by molar-refractivity contribution is -0.143. The monoisotopic (exact) mass is 601 g/mol. The second kappa shape index (κ2) is 10.2. The fourth-order valence-corrected chi connectivity index (χ4v) is 6.00. The number of aryl methyl sites for hydroxylation is 1. The van der Waals surface area contributed by atoms with E-state index in [-0.39, 0.29) is 18.1 Å². The average Bonchev–Trinajstić information content (AvgIpc) is 3.23. The third-order valence-corrected chi connectivity index (χ3v) is 7.97. The van der Waals surface area contributed by atoms with Crippen molar-refractivity contribution in [3.63, 3.8) is 0 Å². The Morgan fingerprint density at radius 2 is 1.33 bits per heavy atom. The highest BCUT2D eigenvalue weighted by Crippen LogP contribution is 2.51. The molecule has 0 N–H and O–H groups in total. The van der Waals surface area contributed by atoms with E-state index in [0.717, 1.165) is 17.7 Å². The highest BCUT2D eigenvalue weighted by atomic mass is 19.4. The Kier molecular flexibility index (Phi) is 7.26. The summed E-state index contributed by atoms with van der Waals surface area (Å²) in [6, 6.07) is 9.19. The third-order valence-electron chi connectivity index (χ3n) is 7.97. The zero-order valence-electron chi connectivity index (χ0n) is 22.2. The van der Waals surface area contributed by atoms with Crippen LogP contribution in [0.5, 0.6) is 0 Å². The number of rotatable bonds is 3. The van der Waals surface area contributed by atoms with Crippen LogP contribution in [-0.4, -0.2) is 17.0 Å². The van der Waals surface area contributed by atoms with Crippen LogP contribution in [-0.2, 0) is 23.3 Å². The van der Waals surface area contributed by atoms with Crippen LogP contribution in [0.3, 0.4) is 0 Å². The van der Waals surface area contributed by atoms with Crippen LogP contribution in [0.15, 0.2) is 60.7 Å². The first-order valence-corrected chi connectivity index (χ1v) is 13.0. The summed E-state index contributed by atoms with van der Waals surface area (Å²) in [5.74, 6) is -0.411. The van der Waals surface area contributed by atoms with Crippen molar-refractivity contribution in [3.8, 4) is 11.1 Å². The Hall–Kier alpha value is -3.70. The van der Waals surface area contributed by atoms with Crippen molar-refractivity contribution in [1.29, 1.82) is 0 Å². The molecule has 2 heterocycles. The molecule has 2 aliphatic heterocycles. The number of fused-ring (bicyclic) bond motifs is 1. The van der Waals surface area contributed by atoms with Gasteiger partial charge in [0.25, 0.3) is 0 Å². The molecule has 42 heavy (non-hydrogen) atoms. The molecule has 2 fully saturated rings. The molecule has 5 rings (SSSR count). The number of halogens is 9. The van der Waals surface area contributed by atoms with Gasteiger partial charge in [0.2, 0.25) is 0 Å². The summed E-state index contributed by atoms with van der Waals surface area (Å²) >= 11 is 0. The van der Waals surface area contributed by atoms with Gasteiger partial charge in [-0.3, -0.25) is 4.90 Å². The van der Waals surface area contributed by atoms with Gasteiger partial charge in [-0.05, 0) is 83.8 Å². The molecule has 0 radical (unpaired) electrons. The number of alkyl halides is 9. The minimum atomic E-state index is -5.11. The molecule has 0 aliphatic carbocycles. The van der Waals surface area contributed by atoms with Crippen LogP contribution in [0.25, 0.3) is 11.1 Å².